The second-order valence-electron chi connectivity index (χ2n) is 7.70. The molecule has 0 unspecified atom stereocenters. The fraction of sp³-hybridized carbons (Fsp3) is 0.227. The van der Waals surface area contributed by atoms with E-state index in [-0.39, 0.29) is 44.8 Å². The first-order chi connectivity index (χ1) is 13.2. The van der Waals surface area contributed by atoms with Crippen LogP contribution in [0.2, 0.25) is 0 Å². The summed E-state index contributed by atoms with van der Waals surface area (Å²) in [5, 5.41) is 2.85. The lowest BCUT2D eigenvalue weighted by Crippen LogP contribution is -2.25. The maximum Gasteiger partial charge on any atom is 0.228 e. The van der Waals surface area contributed by atoms with Gasteiger partial charge in [-0.1, -0.05) is 73.4 Å². The molecule has 28 heavy (non-hydrogen) atoms. The summed E-state index contributed by atoms with van der Waals surface area (Å²) in [5.74, 6) is -1.12. The predicted molar refractivity (Wildman–Crippen MR) is 109 cm³/mol. The van der Waals surface area contributed by atoms with Crippen LogP contribution in [0.4, 0.5) is 5.69 Å². The van der Waals surface area contributed by atoms with Gasteiger partial charge in [-0.2, -0.15) is 0 Å². The number of hydrogen-bond donors (Lipinski definition) is 1. The number of allylic oxidation sites excluding steroid dienone is 1. The average molecular weight is 414 g/mol. The Morgan fingerprint density at radius 1 is 0.964 bits per heavy atom. The van der Waals surface area contributed by atoms with Gasteiger partial charge >= 0.3 is 0 Å². The summed E-state index contributed by atoms with van der Waals surface area (Å²) in [6, 6.07) is 11.6. The van der Waals surface area contributed by atoms with Crippen molar-refractivity contribution in [1.29, 1.82) is 0 Å². The van der Waals surface area contributed by atoms with Crippen LogP contribution in [-0.2, 0) is 4.79 Å². The highest BCUT2D eigenvalue weighted by atomic mass is 35.5. The molecule has 0 saturated heterocycles. The molecule has 6 heteroatoms. The molecule has 2 aliphatic rings. The third-order valence-corrected chi connectivity index (χ3v) is 5.96. The number of ketones is 2. The number of carbonyl (C=O) groups is 3. The van der Waals surface area contributed by atoms with Crippen molar-refractivity contribution in [2.45, 2.75) is 13.8 Å². The number of fused-ring (bicyclic) bond motifs is 2. The third-order valence-electron chi connectivity index (χ3n) is 5.71. The second kappa shape index (κ2) is 6.57. The largest absolute Gasteiger partial charge is 0.325 e. The molecule has 0 aliphatic heterocycles. The molecular weight excluding hydrogens is 397 g/mol. The molecule has 0 aromatic heterocycles. The molecule has 1 fully saturated rings. The number of carbonyl (C=O) groups excluding carboxylic acids is 3. The summed E-state index contributed by atoms with van der Waals surface area (Å²) in [5.41, 5.74) is 1.33. The normalized spacial score (nSPS) is 21.4. The molecular formula is C22H17Cl2NO3. The Hall–Kier alpha value is -2.43. The van der Waals surface area contributed by atoms with Crippen LogP contribution < -0.4 is 5.32 Å². The van der Waals surface area contributed by atoms with Crippen LogP contribution in [0.15, 0.2) is 53.0 Å². The van der Waals surface area contributed by atoms with Crippen LogP contribution >= 0.6 is 23.2 Å². The summed E-state index contributed by atoms with van der Waals surface area (Å²) < 4.78 is 0.128. The molecule has 142 valence electrons. The molecule has 1 saturated carbocycles. The van der Waals surface area contributed by atoms with Crippen molar-refractivity contribution >= 4 is 46.4 Å². The number of hydrogen-bond acceptors (Lipinski definition) is 3. The molecule has 0 spiro atoms. The number of halogens is 2. The Morgan fingerprint density at radius 3 is 2.21 bits per heavy atom. The lowest BCUT2D eigenvalue weighted by molar-refractivity contribution is -0.118. The number of amides is 1. The van der Waals surface area contributed by atoms with Crippen molar-refractivity contribution in [2.24, 2.45) is 17.3 Å². The Kier molecular flexibility index (Phi) is 4.44. The number of benzene rings is 2. The van der Waals surface area contributed by atoms with Crippen LogP contribution in [0.5, 0.6) is 0 Å². The summed E-state index contributed by atoms with van der Waals surface area (Å²) in [6.45, 7) is 3.92. The van der Waals surface area contributed by atoms with Crippen LogP contribution in [0.1, 0.15) is 45.7 Å². The van der Waals surface area contributed by atoms with E-state index in [2.05, 4.69) is 5.32 Å². The predicted octanol–water partition coefficient (Wildman–Crippen LogP) is 4.99. The van der Waals surface area contributed by atoms with Crippen LogP contribution in [-0.4, -0.2) is 17.5 Å². The maximum atomic E-state index is 13.0. The van der Waals surface area contributed by atoms with Gasteiger partial charge < -0.3 is 5.32 Å². The first-order valence-electron chi connectivity index (χ1n) is 8.88. The van der Waals surface area contributed by atoms with E-state index in [1.807, 2.05) is 13.8 Å². The van der Waals surface area contributed by atoms with Crippen molar-refractivity contribution in [2.75, 3.05) is 5.32 Å². The summed E-state index contributed by atoms with van der Waals surface area (Å²) in [6.07, 6.45) is 1.67. The first-order valence-corrected chi connectivity index (χ1v) is 9.64. The summed E-state index contributed by atoms with van der Waals surface area (Å²) in [4.78, 5) is 38.7. The zero-order chi connectivity index (χ0) is 20.2. The highest BCUT2D eigenvalue weighted by molar-refractivity contribution is 6.55. The molecule has 0 radical (unpaired) electrons. The first kappa shape index (κ1) is 18.9. The van der Waals surface area contributed by atoms with E-state index in [1.165, 1.54) is 0 Å². The number of anilines is 1. The number of rotatable bonds is 3. The lowest BCUT2D eigenvalue weighted by atomic mass is 9.83. The van der Waals surface area contributed by atoms with E-state index in [4.69, 9.17) is 23.2 Å². The van der Waals surface area contributed by atoms with E-state index in [0.29, 0.717) is 22.4 Å². The molecule has 0 heterocycles. The zero-order valence-corrected chi connectivity index (χ0v) is 16.8. The standard InChI is InChI=1S/C22H17Cl2NO3/c1-22(2)14(10-16(23)24)18(22)21(28)25-15-9-5-8-13-17(15)20(27)12-7-4-3-6-11(12)19(13)26/h3-10,14,18H,1-2H3,(H,25,28)/t14-,18+/m1/s1. The molecule has 1 N–H and O–H groups in total. The molecule has 2 atom stereocenters. The van der Waals surface area contributed by atoms with Gasteiger partial charge in [-0.05, 0) is 23.5 Å². The van der Waals surface area contributed by atoms with Crippen molar-refractivity contribution in [3.8, 4) is 0 Å². The van der Waals surface area contributed by atoms with Gasteiger partial charge in [0.1, 0.15) is 4.49 Å². The minimum absolute atomic E-state index is 0.0879. The zero-order valence-electron chi connectivity index (χ0n) is 15.3. The SMILES string of the molecule is CC1(C)[C@H](C=C(Cl)Cl)[C@H]1C(=O)Nc1cccc2c1C(=O)c1ccccc1C2=O. The Balaban J connectivity index is 1.69. The molecule has 2 aromatic rings. The molecule has 1 amide bonds. The van der Waals surface area contributed by atoms with Gasteiger partial charge in [-0.15, -0.1) is 0 Å². The van der Waals surface area contributed by atoms with E-state index in [9.17, 15) is 14.4 Å². The summed E-state index contributed by atoms with van der Waals surface area (Å²) >= 11 is 11.5. The monoisotopic (exact) mass is 413 g/mol. The van der Waals surface area contributed by atoms with Crippen molar-refractivity contribution in [1.82, 2.24) is 0 Å². The quantitative estimate of drug-likeness (QED) is 0.657. The van der Waals surface area contributed by atoms with Crippen molar-refractivity contribution in [3.63, 3.8) is 0 Å². The lowest BCUT2D eigenvalue weighted by Gasteiger charge is -2.20. The minimum Gasteiger partial charge on any atom is -0.325 e. The Morgan fingerprint density at radius 2 is 1.57 bits per heavy atom. The van der Waals surface area contributed by atoms with E-state index in [0.717, 1.165) is 0 Å². The van der Waals surface area contributed by atoms with E-state index < -0.39 is 0 Å². The van der Waals surface area contributed by atoms with Gasteiger partial charge in [0.15, 0.2) is 11.6 Å². The average Bonchev–Trinajstić information content (AvgIpc) is 3.18. The summed E-state index contributed by atoms with van der Waals surface area (Å²) in [7, 11) is 0. The van der Waals surface area contributed by atoms with Gasteiger partial charge in [0.05, 0.1) is 17.2 Å². The van der Waals surface area contributed by atoms with Gasteiger partial charge in [0.2, 0.25) is 5.91 Å². The smallest absolute Gasteiger partial charge is 0.228 e. The van der Waals surface area contributed by atoms with E-state index in [1.54, 1.807) is 48.5 Å². The fourth-order valence-electron chi connectivity index (χ4n) is 4.08. The van der Waals surface area contributed by atoms with Crippen molar-refractivity contribution in [3.05, 3.63) is 75.3 Å². The Bertz CT molecular complexity index is 1070. The van der Waals surface area contributed by atoms with E-state index >= 15 is 0 Å². The highest BCUT2D eigenvalue weighted by Gasteiger charge is 2.60. The van der Waals surface area contributed by atoms with Crippen LogP contribution in [0.25, 0.3) is 0 Å². The van der Waals surface area contributed by atoms with Crippen LogP contribution in [0, 0.1) is 17.3 Å². The second-order valence-corrected chi connectivity index (χ2v) is 8.71. The van der Waals surface area contributed by atoms with Gasteiger partial charge in [0, 0.05) is 16.7 Å². The molecule has 2 aliphatic carbocycles. The topological polar surface area (TPSA) is 63.2 Å². The van der Waals surface area contributed by atoms with Gasteiger partial charge in [-0.3, -0.25) is 14.4 Å². The van der Waals surface area contributed by atoms with Crippen molar-refractivity contribution < 1.29 is 14.4 Å². The van der Waals surface area contributed by atoms with Gasteiger partial charge in [-0.25, -0.2) is 0 Å². The fourth-order valence-corrected chi connectivity index (χ4v) is 4.36. The molecule has 4 rings (SSSR count). The molecule has 2 aromatic carbocycles. The van der Waals surface area contributed by atoms with Crippen LogP contribution in [0.3, 0.4) is 0 Å². The third kappa shape index (κ3) is 2.88. The Labute approximate surface area is 172 Å². The number of nitrogens with one attached hydrogen (secondary N) is 1. The maximum absolute atomic E-state index is 13.0. The molecule has 0 bridgehead atoms. The highest BCUT2D eigenvalue weighted by Crippen LogP contribution is 2.60. The van der Waals surface area contributed by atoms with Gasteiger partial charge in [0.25, 0.3) is 0 Å². The minimum atomic E-state index is -0.322. The molecule has 4 nitrogen and oxygen atoms in total.